The van der Waals surface area contributed by atoms with Gasteiger partial charge in [-0.2, -0.15) is 0 Å². The van der Waals surface area contributed by atoms with E-state index in [9.17, 15) is 18.0 Å². The number of carbonyl (C=O) groups is 2. The van der Waals surface area contributed by atoms with Crippen molar-refractivity contribution in [3.8, 4) is 5.75 Å². The van der Waals surface area contributed by atoms with Crippen LogP contribution in [0.4, 0.5) is 0 Å². The van der Waals surface area contributed by atoms with E-state index in [2.05, 4.69) is 0 Å². The van der Waals surface area contributed by atoms with E-state index < -0.39 is 28.3 Å². The molecule has 2 aromatic rings. The van der Waals surface area contributed by atoms with Gasteiger partial charge < -0.3 is 14.4 Å². The SMILES string of the molecule is CCN(C(=O)COC(=O)c1ccccc1OCc1ccccc1Cl)C1CCS(=O)(=O)C1. The molecule has 166 valence electrons. The number of hydrogen-bond donors (Lipinski definition) is 0. The molecule has 0 saturated carbocycles. The Hall–Kier alpha value is -2.58. The standard InChI is InChI=1S/C22H24ClNO6S/c1-2-24(17-11-12-31(27,28)15-17)21(25)14-30-22(26)18-8-4-6-10-20(18)29-13-16-7-3-5-9-19(16)23/h3-10,17H,2,11-15H2,1H3. The number of para-hydroxylation sites is 1. The highest BCUT2D eigenvalue weighted by molar-refractivity contribution is 7.91. The molecule has 0 aliphatic carbocycles. The highest BCUT2D eigenvalue weighted by Crippen LogP contribution is 2.23. The summed E-state index contributed by atoms with van der Waals surface area (Å²) in [5.74, 6) is -0.795. The molecule has 1 amide bonds. The van der Waals surface area contributed by atoms with Crippen LogP contribution in [0.25, 0.3) is 0 Å². The second-order valence-electron chi connectivity index (χ2n) is 7.19. The van der Waals surface area contributed by atoms with Gasteiger partial charge in [0.25, 0.3) is 5.91 Å². The first-order valence-electron chi connectivity index (χ1n) is 9.93. The molecule has 31 heavy (non-hydrogen) atoms. The summed E-state index contributed by atoms with van der Waals surface area (Å²) in [4.78, 5) is 26.6. The highest BCUT2D eigenvalue weighted by atomic mass is 35.5. The number of amides is 1. The number of esters is 1. The van der Waals surface area contributed by atoms with Crippen molar-refractivity contribution in [3.63, 3.8) is 0 Å². The summed E-state index contributed by atoms with van der Waals surface area (Å²) in [6.45, 7) is 1.81. The Morgan fingerprint density at radius 2 is 1.84 bits per heavy atom. The number of carbonyl (C=O) groups excluding carboxylic acids is 2. The number of likely N-dealkylation sites (N-methyl/N-ethyl adjacent to an activating group) is 1. The Bertz CT molecular complexity index is 1060. The second-order valence-corrected chi connectivity index (χ2v) is 9.82. The van der Waals surface area contributed by atoms with Crippen molar-refractivity contribution in [1.82, 2.24) is 4.90 Å². The number of rotatable bonds is 8. The van der Waals surface area contributed by atoms with Gasteiger partial charge in [-0.15, -0.1) is 0 Å². The van der Waals surface area contributed by atoms with Crippen molar-refractivity contribution in [2.75, 3.05) is 24.7 Å². The molecule has 1 saturated heterocycles. The smallest absolute Gasteiger partial charge is 0.342 e. The molecule has 1 aliphatic heterocycles. The quantitative estimate of drug-likeness (QED) is 0.556. The Kier molecular flexibility index (Phi) is 7.56. The fourth-order valence-corrected chi connectivity index (χ4v) is 5.40. The van der Waals surface area contributed by atoms with Gasteiger partial charge in [-0.05, 0) is 31.5 Å². The van der Waals surface area contributed by atoms with E-state index in [4.69, 9.17) is 21.1 Å². The summed E-state index contributed by atoms with van der Waals surface area (Å²) in [6, 6.07) is 13.4. The summed E-state index contributed by atoms with van der Waals surface area (Å²) < 4.78 is 34.4. The maximum Gasteiger partial charge on any atom is 0.342 e. The number of sulfone groups is 1. The molecule has 0 spiro atoms. The third-order valence-electron chi connectivity index (χ3n) is 5.08. The Morgan fingerprint density at radius 3 is 2.52 bits per heavy atom. The third kappa shape index (κ3) is 5.98. The zero-order chi connectivity index (χ0) is 22.4. The number of nitrogens with zero attached hydrogens (tertiary/aromatic N) is 1. The first-order valence-corrected chi connectivity index (χ1v) is 12.1. The highest BCUT2D eigenvalue weighted by Gasteiger charge is 2.34. The molecular weight excluding hydrogens is 442 g/mol. The summed E-state index contributed by atoms with van der Waals surface area (Å²) in [7, 11) is -3.12. The van der Waals surface area contributed by atoms with Gasteiger partial charge in [-0.3, -0.25) is 4.79 Å². The van der Waals surface area contributed by atoms with Crippen LogP contribution in [-0.2, 0) is 26.0 Å². The summed E-state index contributed by atoms with van der Waals surface area (Å²) in [5.41, 5.74) is 0.960. The number of halogens is 1. The lowest BCUT2D eigenvalue weighted by atomic mass is 10.2. The van der Waals surface area contributed by atoms with E-state index in [1.165, 1.54) is 4.90 Å². The van der Waals surface area contributed by atoms with Crippen molar-refractivity contribution >= 4 is 33.3 Å². The molecule has 1 unspecified atom stereocenters. The molecule has 3 rings (SSSR count). The first-order chi connectivity index (χ1) is 14.8. The fourth-order valence-electron chi connectivity index (χ4n) is 3.48. The van der Waals surface area contributed by atoms with E-state index in [1.54, 1.807) is 37.3 Å². The molecule has 1 aliphatic rings. The Balaban J connectivity index is 1.61. The van der Waals surface area contributed by atoms with E-state index in [-0.39, 0.29) is 29.7 Å². The second kappa shape index (κ2) is 10.2. The zero-order valence-electron chi connectivity index (χ0n) is 17.1. The van der Waals surface area contributed by atoms with E-state index in [0.29, 0.717) is 23.7 Å². The van der Waals surface area contributed by atoms with Crippen LogP contribution in [-0.4, -0.2) is 55.9 Å². The van der Waals surface area contributed by atoms with Crippen molar-refractivity contribution < 1.29 is 27.5 Å². The van der Waals surface area contributed by atoms with E-state index >= 15 is 0 Å². The van der Waals surface area contributed by atoms with Gasteiger partial charge >= 0.3 is 5.97 Å². The van der Waals surface area contributed by atoms with Crippen LogP contribution in [0.3, 0.4) is 0 Å². The first kappa shape index (κ1) is 23.1. The zero-order valence-corrected chi connectivity index (χ0v) is 18.7. The normalized spacial score (nSPS) is 17.2. The number of benzene rings is 2. The van der Waals surface area contributed by atoms with Gasteiger partial charge in [0.2, 0.25) is 0 Å². The summed E-state index contributed by atoms with van der Waals surface area (Å²) in [6.07, 6.45) is 0.397. The van der Waals surface area contributed by atoms with Crippen LogP contribution in [0.1, 0.15) is 29.3 Å². The van der Waals surface area contributed by atoms with Crippen LogP contribution in [0.15, 0.2) is 48.5 Å². The van der Waals surface area contributed by atoms with Crippen LogP contribution in [0, 0.1) is 0 Å². The molecule has 1 fully saturated rings. The minimum atomic E-state index is -3.12. The molecule has 7 nitrogen and oxygen atoms in total. The average Bonchev–Trinajstić information content (AvgIpc) is 3.11. The molecule has 0 N–H and O–H groups in total. The van der Waals surface area contributed by atoms with E-state index in [1.807, 2.05) is 18.2 Å². The van der Waals surface area contributed by atoms with Crippen molar-refractivity contribution in [1.29, 1.82) is 0 Å². The predicted molar refractivity (Wildman–Crippen MR) is 117 cm³/mol. The van der Waals surface area contributed by atoms with Crippen LogP contribution < -0.4 is 4.74 Å². The fraction of sp³-hybridized carbons (Fsp3) is 0.364. The predicted octanol–water partition coefficient (Wildman–Crippen LogP) is 3.11. The van der Waals surface area contributed by atoms with Gasteiger partial charge in [0, 0.05) is 23.2 Å². The Morgan fingerprint density at radius 1 is 1.13 bits per heavy atom. The van der Waals surface area contributed by atoms with Crippen molar-refractivity contribution in [2.45, 2.75) is 26.0 Å². The van der Waals surface area contributed by atoms with Crippen molar-refractivity contribution in [2.24, 2.45) is 0 Å². The van der Waals surface area contributed by atoms with Gasteiger partial charge in [0.05, 0.1) is 11.5 Å². The molecule has 0 radical (unpaired) electrons. The molecule has 2 aromatic carbocycles. The summed E-state index contributed by atoms with van der Waals surface area (Å²) in [5, 5.41) is 0.557. The Labute approximate surface area is 186 Å². The maximum atomic E-state index is 12.6. The van der Waals surface area contributed by atoms with Gasteiger partial charge in [-0.25, -0.2) is 13.2 Å². The van der Waals surface area contributed by atoms with Crippen LogP contribution in [0.2, 0.25) is 5.02 Å². The van der Waals surface area contributed by atoms with Gasteiger partial charge in [0.15, 0.2) is 16.4 Å². The monoisotopic (exact) mass is 465 g/mol. The molecular formula is C22H24ClNO6S. The third-order valence-corrected chi connectivity index (χ3v) is 7.20. The molecule has 1 heterocycles. The minimum Gasteiger partial charge on any atom is -0.488 e. The largest absolute Gasteiger partial charge is 0.488 e. The lowest BCUT2D eigenvalue weighted by Gasteiger charge is -2.26. The van der Waals surface area contributed by atoms with Gasteiger partial charge in [-0.1, -0.05) is 41.9 Å². The van der Waals surface area contributed by atoms with E-state index in [0.717, 1.165) is 5.56 Å². The van der Waals surface area contributed by atoms with Crippen LogP contribution in [0.5, 0.6) is 5.75 Å². The number of hydrogen-bond acceptors (Lipinski definition) is 6. The molecule has 0 aromatic heterocycles. The van der Waals surface area contributed by atoms with Crippen molar-refractivity contribution in [3.05, 3.63) is 64.7 Å². The summed E-state index contributed by atoms with van der Waals surface area (Å²) >= 11 is 6.14. The maximum absolute atomic E-state index is 12.6. The lowest BCUT2D eigenvalue weighted by Crippen LogP contribution is -2.43. The lowest BCUT2D eigenvalue weighted by molar-refractivity contribution is -0.136. The van der Waals surface area contributed by atoms with Crippen LogP contribution >= 0.6 is 11.6 Å². The average molecular weight is 466 g/mol. The molecule has 9 heteroatoms. The number of ether oxygens (including phenoxy) is 2. The molecule has 0 bridgehead atoms. The van der Waals surface area contributed by atoms with Gasteiger partial charge in [0.1, 0.15) is 17.9 Å². The topological polar surface area (TPSA) is 90.0 Å². The minimum absolute atomic E-state index is 0.0563. The molecule has 1 atom stereocenters.